The molecule has 1 atom stereocenters. The zero-order valence-electron chi connectivity index (χ0n) is 10.5. The fraction of sp³-hybridized carbons (Fsp3) is 0.692. The fourth-order valence-electron chi connectivity index (χ4n) is 2.42. The molecule has 1 N–H and O–H groups in total. The van der Waals surface area contributed by atoms with Crippen LogP contribution in [0.25, 0.3) is 0 Å². The van der Waals surface area contributed by atoms with Crippen molar-refractivity contribution in [3.63, 3.8) is 0 Å². The third kappa shape index (κ3) is 2.30. The first-order valence-electron chi connectivity index (χ1n) is 5.96. The van der Waals surface area contributed by atoms with Gasteiger partial charge in [-0.15, -0.1) is 0 Å². The van der Waals surface area contributed by atoms with Crippen LogP contribution in [-0.2, 0) is 4.74 Å². The van der Waals surface area contributed by atoms with E-state index in [1.165, 1.54) is 5.56 Å². The molecular formula is C13H21NO2. The van der Waals surface area contributed by atoms with E-state index in [2.05, 4.69) is 18.3 Å². The molecule has 0 aromatic carbocycles. The van der Waals surface area contributed by atoms with Crippen molar-refractivity contribution in [3.8, 4) is 0 Å². The van der Waals surface area contributed by atoms with E-state index in [4.69, 9.17) is 9.15 Å². The van der Waals surface area contributed by atoms with Crippen LogP contribution in [0.15, 0.2) is 10.5 Å². The predicted octanol–water partition coefficient (Wildman–Crippen LogP) is 2.72. The van der Waals surface area contributed by atoms with E-state index in [1.54, 1.807) is 7.11 Å². The summed E-state index contributed by atoms with van der Waals surface area (Å²) < 4.78 is 10.8. The Labute approximate surface area is 97.2 Å². The maximum absolute atomic E-state index is 5.55. The molecule has 3 heteroatoms. The third-order valence-corrected chi connectivity index (χ3v) is 3.46. The summed E-state index contributed by atoms with van der Waals surface area (Å²) in [5, 5.41) is 3.61. The number of ether oxygens (including phenoxy) is 1. The molecule has 1 aliphatic carbocycles. The van der Waals surface area contributed by atoms with Gasteiger partial charge in [0.05, 0.1) is 6.10 Å². The third-order valence-electron chi connectivity index (χ3n) is 3.46. The molecule has 1 saturated carbocycles. The standard InChI is InChI=1S/C13H21NO2/c1-8-5-13(10(3)16-8)9(2)14-11-6-12(7-11)15-4/h5,9,11-12,14H,6-7H2,1-4H3. The summed E-state index contributed by atoms with van der Waals surface area (Å²) in [4.78, 5) is 0. The van der Waals surface area contributed by atoms with Crippen LogP contribution >= 0.6 is 0 Å². The lowest BCUT2D eigenvalue weighted by Gasteiger charge is -2.36. The Hall–Kier alpha value is -0.800. The van der Waals surface area contributed by atoms with Crippen molar-refractivity contribution in [2.24, 2.45) is 0 Å². The van der Waals surface area contributed by atoms with Crippen molar-refractivity contribution in [1.29, 1.82) is 0 Å². The van der Waals surface area contributed by atoms with Gasteiger partial charge in [0.15, 0.2) is 0 Å². The summed E-state index contributed by atoms with van der Waals surface area (Å²) in [5.74, 6) is 2.02. The first kappa shape index (κ1) is 11.7. The molecule has 3 nitrogen and oxygen atoms in total. The van der Waals surface area contributed by atoms with E-state index in [0.29, 0.717) is 18.2 Å². The van der Waals surface area contributed by atoms with Crippen molar-refractivity contribution < 1.29 is 9.15 Å². The minimum absolute atomic E-state index is 0.361. The maximum Gasteiger partial charge on any atom is 0.105 e. The molecule has 0 spiro atoms. The smallest absolute Gasteiger partial charge is 0.105 e. The average molecular weight is 223 g/mol. The molecule has 0 amide bonds. The quantitative estimate of drug-likeness (QED) is 0.852. The first-order valence-corrected chi connectivity index (χ1v) is 5.96. The van der Waals surface area contributed by atoms with Gasteiger partial charge in [0, 0.05) is 24.8 Å². The Morgan fingerprint density at radius 3 is 2.62 bits per heavy atom. The maximum atomic E-state index is 5.55. The number of hydrogen-bond acceptors (Lipinski definition) is 3. The monoisotopic (exact) mass is 223 g/mol. The van der Waals surface area contributed by atoms with Crippen molar-refractivity contribution >= 4 is 0 Å². The van der Waals surface area contributed by atoms with Crippen molar-refractivity contribution in [2.75, 3.05) is 7.11 Å². The zero-order chi connectivity index (χ0) is 11.7. The predicted molar refractivity (Wildman–Crippen MR) is 63.6 cm³/mol. The van der Waals surface area contributed by atoms with Crippen molar-refractivity contribution in [2.45, 2.75) is 51.8 Å². The molecule has 1 aliphatic rings. The Morgan fingerprint density at radius 1 is 1.44 bits per heavy atom. The van der Waals surface area contributed by atoms with Gasteiger partial charge in [-0.3, -0.25) is 0 Å². The second-order valence-corrected chi connectivity index (χ2v) is 4.78. The van der Waals surface area contributed by atoms with Gasteiger partial charge in [-0.2, -0.15) is 0 Å². The molecule has 2 rings (SSSR count). The molecule has 16 heavy (non-hydrogen) atoms. The van der Waals surface area contributed by atoms with Gasteiger partial charge in [0.2, 0.25) is 0 Å². The highest BCUT2D eigenvalue weighted by Gasteiger charge is 2.30. The summed E-state index contributed by atoms with van der Waals surface area (Å²) in [5.41, 5.74) is 1.28. The van der Waals surface area contributed by atoms with Gasteiger partial charge >= 0.3 is 0 Å². The number of hydrogen-bond donors (Lipinski definition) is 1. The van der Waals surface area contributed by atoms with Crippen LogP contribution in [-0.4, -0.2) is 19.3 Å². The fourth-order valence-corrected chi connectivity index (χ4v) is 2.42. The van der Waals surface area contributed by atoms with E-state index in [9.17, 15) is 0 Å². The molecule has 0 radical (unpaired) electrons. The van der Waals surface area contributed by atoms with E-state index in [-0.39, 0.29) is 0 Å². The van der Waals surface area contributed by atoms with E-state index in [1.807, 2.05) is 13.8 Å². The highest BCUT2D eigenvalue weighted by atomic mass is 16.5. The van der Waals surface area contributed by atoms with Gasteiger partial charge in [-0.05, 0) is 39.7 Å². The van der Waals surface area contributed by atoms with Crippen LogP contribution < -0.4 is 5.32 Å². The average Bonchev–Trinajstić information content (AvgIpc) is 2.50. The molecule has 0 bridgehead atoms. The van der Waals surface area contributed by atoms with Crippen molar-refractivity contribution in [1.82, 2.24) is 5.32 Å². The molecule has 0 aliphatic heterocycles. The number of nitrogens with one attached hydrogen (secondary N) is 1. The molecule has 1 heterocycles. The van der Waals surface area contributed by atoms with Gasteiger partial charge in [0.1, 0.15) is 11.5 Å². The Balaban J connectivity index is 1.89. The molecular weight excluding hydrogens is 202 g/mol. The van der Waals surface area contributed by atoms with Crippen LogP contribution in [0, 0.1) is 13.8 Å². The number of furan rings is 1. The number of aryl methyl sites for hydroxylation is 2. The summed E-state index contributed by atoms with van der Waals surface area (Å²) in [7, 11) is 1.79. The minimum Gasteiger partial charge on any atom is -0.466 e. The van der Waals surface area contributed by atoms with E-state index < -0.39 is 0 Å². The molecule has 1 aromatic heterocycles. The highest BCUT2D eigenvalue weighted by Crippen LogP contribution is 2.27. The number of rotatable bonds is 4. The van der Waals surface area contributed by atoms with Crippen LogP contribution in [0.1, 0.15) is 42.9 Å². The Kier molecular flexibility index (Phi) is 3.36. The van der Waals surface area contributed by atoms with Gasteiger partial charge in [-0.25, -0.2) is 0 Å². The van der Waals surface area contributed by atoms with Crippen LogP contribution in [0.4, 0.5) is 0 Å². The minimum atomic E-state index is 0.361. The lowest BCUT2D eigenvalue weighted by Crippen LogP contribution is -2.45. The molecule has 1 fully saturated rings. The van der Waals surface area contributed by atoms with Gasteiger partial charge < -0.3 is 14.5 Å². The topological polar surface area (TPSA) is 34.4 Å². The van der Waals surface area contributed by atoms with Gasteiger partial charge in [-0.1, -0.05) is 0 Å². The lowest BCUT2D eigenvalue weighted by atomic mass is 9.88. The van der Waals surface area contributed by atoms with Gasteiger partial charge in [0.25, 0.3) is 0 Å². The van der Waals surface area contributed by atoms with E-state index >= 15 is 0 Å². The normalized spacial score (nSPS) is 26.5. The SMILES string of the molecule is COC1CC(NC(C)c2cc(C)oc2C)C1. The number of methoxy groups -OCH3 is 1. The second kappa shape index (κ2) is 4.60. The van der Waals surface area contributed by atoms with Crippen molar-refractivity contribution in [3.05, 3.63) is 23.2 Å². The lowest BCUT2D eigenvalue weighted by molar-refractivity contribution is 0.0147. The molecule has 1 aromatic rings. The highest BCUT2D eigenvalue weighted by molar-refractivity contribution is 5.23. The molecule has 90 valence electrons. The second-order valence-electron chi connectivity index (χ2n) is 4.78. The molecule has 1 unspecified atom stereocenters. The van der Waals surface area contributed by atoms with E-state index in [0.717, 1.165) is 24.4 Å². The summed E-state index contributed by atoms with van der Waals surface area (Å²) in [6, 6.07) is 3.08. The Bertz CT molecular complexity index is 353. The Morgan fingerprint density at radius 2 is 2.12 bits per heavy atom. The van der Waals surface area contributed by atoms with Crippen LogP contribution in [0.5, 0.6) is 0 Å². The first-order chi connectivity index (χ1) is 7.60. The molecule has 0 saturated heterocycles. The zero-order valence-corrected chi connectivity index (χ0v) is 10.5. The van der Waals surface area contributed by atoms with Crippen LogP contribution in [0.3, 0.4) is 0 Å². The summed E-state index contributed by atoms with van der Waals surface area (Å²) in [6.07, 6.45) is 2.70. The largest absolute Gasteiger partial charge is 0.466 e. The summed E-state index contributed by atoms with van der Waals surface area (Å²) >= 11 is 0. The summed E-state index contributed by atoms with van der Waals surface area (Å²) in [6.45, 7) is 6.21. The van der Waals surface area contributed by atoms with Crippen LogP contribution in [0.2, 0.25) is 0 Å².